The topological polar surface area (TPSA) is 82.1 Å². The van der Waals surface area contributed by atoms with Gasteiger partial charge in [0.25, 0.3) is 5.56 Å². The molecule has 0 aliphatic heterocycles. The Morgan fingerprint density at radius 3 is 2.67 bits per heavy atom. The van der Waals surface area contributed by atoms with Gasteiger partial charge in [-0.25, -0.2) is 8.89 Å². The smallest absolute Gasteiger partial charge is 0.258 e. The second kappa shape index (κ2) is 6.44. The summed E-state index contributed by atoms with van der Waals surface area (Å²) in [6.07, 6.45) is 7.32. The molecular weight excluding hydrogens is 398 g/mol. The number of hydrogen-bond donors (Lipinski definition) is 0. The molecule has 0 bridgehead atoms. The summed E-state index contributed by atoms with van der Waals surface area (Å²) < 4.78 is 20.5. The van der Waals surface area contributed by atoms with Gasteiger partial charge in [-0.3, -0.25) is 4.79 Å². The Morgan fingerprint density at radius 2 is 2.00 bits per heavy atom. The van der Waals surface area contributed by atoms with E-state index >= 15 is 0 Å². The van der Waals surface area contributed by atoms with Crippen molar-refractivity contribution in [2.24, 2.45) is 16.9 Å². The Hall–Kier alpha value is -2.61. The largest absolute Gasteiger partial charge is 0.318 e. The SMILES string of the molecule is Cn1ccc2c(/C(=N\[S@](=O)C(C)(C)C)c3cn(C4CC45CC5)nn3)cccc2c1=O. The van der Waals surface area contributed by atoms with Gasteiger partial charge in [-0.1, -0.05) is 17.3 Å². The van der Waals surface area contributed by atoms with Gasteiger partial charge in [0.2, 0.25) is 0 Å². The minimum atomic E-state index is -1.48. The van der Waals surface area contributed by atoms with Crippen LogP contribution in [-0.4, -0.2) is 34.2 Å². The van der Waals surface area contributed by atoms with Crippen molar-refractivity contribution < 1.29 is 4.21 Å². The van der Waals surface area contributed by atoms with Gasteiger partial charge in [-0.05, 0) is 63.0 Å². The first-order valence-electron chi connectivity index (χ1n) is 10.2. The Labute approximate surface area is 177 Å². The third kappa shape index (κ3) is 3.14. The van der Waals surface area contributed by atoms with Gasteiger partial charge in [0.1, 0.15) is 22.4 Å². The quantitative estimate of drug-likeness (QED) is 0.604. The van der Waals surface area contributed by atoms with E-state index in [4.69, 9.17) is 0 Å². The number of pyridine rings is 1. The number of aryl methyl sites for hydroxylation is 1. The van der Waals surface area contributed by atoms with Crippen LogP contribution in [0.15, 0.2) is 45.9 Å². The summed E-state index contributed by atoms with van der Waals surface area (Å²) in [5, 5.41) is 10.1. The summed E-state index contributed by atoms with van der Waals surface area (Å²) in [5.41, 5.74) is 2.21. The van der Waals surface area contributed by atoms with Crippen LogP contribution in [0.25, 0.3) is 10.8 Å². The third-order valence-electron chi connectivity index (χ3n) is 6.19. The van der Waals surface area contributed by atoms with Crippen LogP contribution in [0.3, 0.4) is 0 Å². The Bertz CT molecular complexity index is 1280. The number of nitrogens with zero attached hydrogens (tertiary/aromatic N) is 5. The van der Waals surface area contributed by atoms with Crippen LogP contribution >= 0.6 is 0 Å². The molecule has 0 saturated heterocycles. The molecule has 8 heteroatoms. The summed E-state index contributed by atoms with van der Waals surface area (Å²) in [6, 6.07) is 7.84. The zero-order valence-corrected chi connectivity index (χ0v) is 18.4. The minimum Gasteiger partial charge on any atom is -0.318 e. The van der Waals surface area contributed by atoms with E-state index in [1.54, 1.807) is 23.9 Å². The molecule has 0 amide bonds. The van der Waals surface area contributed by atoms with Crippen molar-refractivity contribution >= 4 is 27.5 Å². The van der Waals surface area contributed by atoms with E-state index in [0.29, 0.717) is 28.2 Å². The highest BCUT2D eigenvalue weighted by Crippen LogP contribution is 2.72. The molecule has 0 N–H and O–H groups in total. The molecule has 3 aromatic rings. The highest BCUT2D eigenvalue weighted by molar-refractivity contribution is 7.85. The Kier molecular flexibility index (Phi) is 4.16. The molecule has 5 rings (SSSR count). The van der Waals surface area contributed by atoms with Crippen LogP contribution in [-0.2, 0) is 18.0 Å². The standard InChI is InChI=1S/C22H25N5O2S/c1-21(2,3)30(29)24-19(17-13-27(25-23-17)18-12-22(18)9-10-22)15-6-5-7-16-14(15)8-11-26(4)20(16)28/h5-8,11,13,18H,9-10,12H2,1-4H3/b24-19+/t18?,30-/m1/s1. The fourth-order valence-corrected chi connectivity index (χ4v) is 4.60. The number of fused-ring (bicyclic) bond motifs is 1. The molecule has 2 aliphatic rings. The highest BCUT2D eigenvalue weighted by Gasteiger charge is 2.64. The molecule has 1 spiro atoms. The molecule has 2 aromatic heterocycles. The average Bonchev–Trinajstić information content (AvgIpc) is 3.59. The summed E-state index contributed by atoms with van der Waals surface area (Å²) in [7, 11) is 0.247. The molecule has 2 aliphatic carbocycles. The number of aromatic nitrogens is 4. The average molecular weight is 424 g/mol. The van der Waals surface area contributed by atoms with Gasteiger partial charge in [0.15, 0.2) is 0 Å². The Balaban J connectivity index is 1.67. The molecule has 0 radical (unpaired) electrons. The molecule has 1 aromatic carbocycles. The number of hydrogen-bond acceptors (Lipinski definition) is 4. The zero-order valence-electron chi connectivity index (χ0n) is 17.6. The van der Waals surface area contributed by atoms with Gasteiger partial charge in [-0.15, -0.1) is 5.10 Å². The van der Waals surface area contributed by atoms with Crippen molar-refractivity contribution in [1.82, 2.24) is 19.6 Å². The molecular formula is C22H25N5O2S. The lowest BCUT2D eigenvalue weighted by atomic mass is 10.0. The van der Waals surface area contributed by atoms with Gasteiger partial charge in [-0.2, -0.15) is 4.40 Å². The minimum absolute atomic E-state index is 0.0806. The lowest BCUT2D eigenvalue weighted by Crippen LogP contribution is -2.22. The van der Waals surface area contributed by atoms with Crippen LogP contribution in [0.4, 0.5) is 0 Å². The van der Waals surface area contributed by atoms with Crippen molar-refractivity contribution in [1.29, 1.82) is 0 Å². The van der Waals surface area contributed by atoms with Crippen molar-refractivity contribution in [3.8, 4) is 0 Å². The first-order chi connectivity index (χ1) is 14.2. The van der Waals surface area contributed by atoms with Crippen LogP contribution in [0.2, 0.25) is 0 Å². The first-order valence-corrected chi connectivity index (χ1v) is 11.3. The van der Waals surface area contributed by atoms with E-state index in [2.05, 4.69) is 14.7 Å². The first kappa shape index (κ1) is 19.4. The van der Waals surface area contributed by atoms with Crippen molar-refractivity contribution in [3.63, 3.8) is 0 Å². The van der Waals surface area contributed by atoms with Crippen molar-refractivity contribution in [2.75, 3.05) is 0 Å². The maximum atomic E-state index is 12.9. The van der Waals surface area contributed by atoms with Crippen LogP contribution in [0.1, 0.15) is 57.3 Å². The van der Waals surface area contributed by atoms with E-state index in [9.17, 15) is 9.00 Å². The maximum absolute atomic E-state index is 12.9. The molecule has 2 atom stereocenters. The third-order valence-corrected chi connectivity index (χ3v) is 7.58. The normalized spacial score (nSPS) is 21.2. The summed E-state index contributed by atoms with van der Waals surface area (Å²) >= 11 is 0. The molecule has 30 heavy (non-hydrogen) atoms. The van der Waals surface area contributed by atoms with Gasteiger partial charge in [0.05, 0.1) is 17.0 Å². The lowest BCUT2D eigenvalue weighted by Gasteiger charge is -2.15. The van der Waals surface area contributed by atoms with Crippen LogP contribution < -0.4 is 5.56 Å². The van der Waals surface area contributed by atoms with E-state index in [-0.39, 0.29) is 5.56 Å². The molecule has 7 nitrogen and oxygen atoms in total. The highest BCUT2D eigenvalue weighted by atomic mass is 32.2. The predicted molar refractivity (Wildman–Crippen MR) is 118 cm³/mol. The second-order valence-corrected chi connectivity index (χ2v) is 11.4. The fourth-order valence-electron chi connectivity index (χ4n) is 3.97. The van der Waals surface area contributed by atoms with Gasteiger partial charge < -0.3 is 4.57 Å². The van der Waals surface area contributed by atoms with E-state index in [1.165, 1.54) is 12.8 Å². The van der Waals surface area contributed by atoms with Gasteiger partial charge in [0, 0.05) is 24.2 Å². The molecule has 2 fully saturated rings. The van der Waals surface area contributed by atoms with E-state index in [0.717, 1.165) is 17.4 Å². The molecule has 1 unspecified atom stereocenters. The van der Waals surface area contributed by atoms with Crippen LogP contribution in [0, 0.1) is 5.41 Å². The molecule has 2 heterocycles. The van der Waals surface area contributed by atoms with E-state index < -0.39 is 15.7 Å². The van der Waals surface area contributed by atoms with Crippen molar-refractivity contribution in [3.05, 3.63) is 58.3 Å². The Morgan fingerprint density at radius 1 is 1.23 bits per heavy atom. The summed E-state index contributed by atoms with van der Waals surface area (Å²) in [6.45, 7) is 5.67. The van der Waals surface area contributed by atoms with Gasteiger partial charge >= 0.3 is 0 Å². The zero-order chi connectivity index (χ0) is 21.3. The lowest BCUT2D eigenvalue weighted by molar-refractivity contribution is 0.561. The van der Waals surface area contributed by atoms with E-state index in [1.807, 2.05) is 49.8 Å². The molecule has 2 saturated carbocycles. The number of rotatable bonds is 4. The summed E-state index contributed by atoms with van der Waals surface area (Å²) in [4.78, 5) is 12.6. The second-order valence-electron chi connectivity index (χ2n) is 9.47. The molecule has 156 valence electrons. The van der Waals surface area contributed by atoms with Crippen LogP contribution in [0.5, 0.6) is 0 Å². The number of benzene rings is 1. The predicted octanol–water partition coefficient (Wildman–Crippen LogP) is 3.15. The maximum Gasteiger partial charge on any atom is 0.258 e. The van der Waals surface area contributed by atoms with Crippen molar-refractivity contribution in [2.45, 2.75) is 50.8 Å². The fraction of sp³-hybridized carbons (Fsp3) is 0.455. The summed E-state index contributed by atoms with van der Waals surface area (Å²) in [5.74, 6) is 0. The monoisotopic (exact) mass is 423 g/mol.